The summed E-state index contributed by atoms with van der Waals surface area (Å²) in [5.74, 6) is -0.359. The summed E-state index contributed by atoms with van der Waals surface area (Å²) in [7, 11) is -3.59. The van der Waals surface area contributed by atoms with Crippen LogP contribution in [0.3, 0.4) is 0 Å². The fourth-order valence-electron chi connectivity index (χ4n) is 2.89. The lowest BCUT2D eigenvalue weighted by atomic mass is 10.1. The summed E-state index contributed by atoms with van der Waals surface area (Å²) in [6.45, 7) is 2.84. The SMILES string of the molecule is Cc1ccc(C(=O)Nc2nccs2)cc1S(=O)(=O)N1CCCCCC1. The van der Waals surface area contributed by atoms with Gasteiger partial charge in [-0.15, -0.1) is 11.3 Å². The van der Waals surface area contributed by atoms with Crippen LogP contribution in [0.4, 0.5) is 5.13 Å². The molecule has 0 atom stereocenters. The second kappa shape index (κ2) is 7.63. The molecule has 2 aromatic rings. The Bertz CT molecular complexity index is 840. The third kappa shape index (κ3) is 4.08. The second-order valence-electron chi connectivity index (χ2n) is 6.09. The summed E-state index contributed by atoms with van der Waals surface area (Å²) in [5, 5.41) is 4.94. The van der Waals surface area contributed by atoms with E-state index in [4.69, 9.17) is 0 Å². The van der Waals surface area contributed by atoms with E-state index in [1.165, 1.54) is 17.4 Å². The molecule has 0 radical (unpaired) electrons. The van der Waals surface area contributed by atoms with Gasteiger partial charge in [0, 0.05) is 30.2 Å². The van der Waals surface area contributed by atoms with Crippen molar-refractivity contribution in [1.29, 1.82) is 0 Å². The summed E-state index contributed by atoms with van der Waals surface area (Å²) < 4.78 is 27.6. The molecule has 0 saturated carbocycles. The van der Waals surface area contributed by atoms with Gasteiger partial charge in [0.05, 0.1) is 4.90 Å². The Balaban J connectivity index is 1.89. The normalized spacial score (nSPS) is 16.4. The lowest BCUT2D eigenvalue weighted by Gasteiger charge is -2.21. The first-order valence-corrected chi connectivity index (χ1v) is 10.6. The van der Waals surface area contributed by atoms with Crippen LogP contribution in [0.2, 0.25) is 0 Å². The average Bonchev–Trinajstić information content (AvgIpc) is 2.93. The van der Waals surface area contributed by atoms with Crippen LogP contribution in [0.5, 0.6) is 0 Å². The fourth-order valence-corrected chi connectivity index (χ4v) is 5.19. The van der Waals surface area contributed by atoms with Gasteiger partial charge in [-0.1, -0.05) is 18.9 Å². The third-order valence-electron chi connectivity index (χ3n) is 4.29. The number of carbonyl (C=O) groups is 1. The van der Waals surface area contributed by atoms with E-state index in [0.29, 0.717) is 29.3 Å². The zero-order valence-corrected chi connectivity index (χ0v) is 15.7. The summed E-state index contributed by atoms with van der Waals surface area (Å²) >= 11 is 1.31. The summed E-state index contributed by atoms with van der Waals surface area (Å²) in [4.78, 5) is 16.6. The highest BCUT2D eigenvalue weighted by molar-refractivity contribution is 7.89. The molecule has 1 fully saturated rings. The molecule has 2 heterocycles. The predicted octanol–water partition coefficient (Wildman–Crippen LogP) is 3.27. The molecule has 0 bridgehead atoms. The van der Waals surface area contributed by atoms with E-state index in [-0.39, 0.29) is 10.8 Å². The van der Waals surface area contributed by atoms with Gasteiger partial charge in [0.2, 0.25) is 10.0 Å². The van der Waals surface area contributed by atoms with Crippen molar-refractivity contribution in [3.05, 3.63) is 40.9 Å². The minimum absolute atomic E-state index is 0.209. The van der Waals surface area contributed by atoms with Gasteiger partial charge in [0.1, 0.15) is 0 Å². The van der Waals surface area contributed by atoms with Crippen LogP contribution >= 0.6 is 11.3 Å². The van der Waals surface area contributed by atoms with E-state index in [9.17, 15) is 13.2 Å². The number of benzene rings is 1. The summed E-state index contributed by atoms with van der Waals surface area (Å²) in [5.41, 5.74) is 0.962. The Morgan fingerprint density at radius 1 is 1.20 bits per heavy atom. The molecule has 1 aromatic carbocycles. The molecule has 1 amide bonds. The van der Waals surface area contributed by atoms with Gasteiger partial charge >= 0.3 is 0 Å². The van der Waals surface area contributed by atoms with E-state index in [1.54, 1.807) is 34.9 Å². The molecule has 134 valence electrons. The number of sulfonamides is 1. The maximum Gasteiger partial charge on any atom is 0.257 e. The van der Waals surface area contributed by atoms with Crippen LogP contribution < -0.4 is 5.32 Å². The van der Waals surface area contributed by atoms with E-state index >= 15 is 0 Å². The van der Waals surface area contributed by atoms with E-state index in [1.807, 2.05) is 0 Å². The van der Waals surface area contributed by atoms with Crippen molar-refractivity contribution < 1.29 is 13.2 Å². The van der Waals surface area contributed by atoms with E-state index < -0.39 is 10.0 Å². The molecule has 8 heteroatoms. The minimum atomic E-state index is -3.59. The number of hydrogen-bond donors (Lipinski definition) is 1. The van der Waals surface area contributed by atoms with Crippen molar-refractivity contribution in [2.24, 2.45) is 0 Å². The Labute approximate surface area is 151 Å². The van der Waals surface area contributed by atoms with Crippen LogP contribution in [0, 0.1) is 6.92 Å². The lowest BCUT2D eigenvalue weighted by molar-refractivity contribution is 0.102. The van der Waals surface area contributed by atoms with Gasteiger partial charge in [-0.2, -0.15) is 4.31 Å². The largest absolute Gasteiger partial charge is 0.298 e. The maximum atomic E-state index is 13.0. The van der Waals surface area contributed by atoms with Crippen molar-refractivity contribution in [1.82, 2.24) is 9.29 Å². The number of hydrogen-bond acceptors (Lipinski definition) is 5. The average molecular weight is 380 g/mol. The molecular formula is C17H21N3O3S2. The molecule has 3 rings (SSSR count). The maximum absolute atomic E-state index is 13.0. The van der Waals surface area contributed by atoms with Gasteiger partial charge in [-0.25, -0.2) is 13.4 Å². The van der Waals surface area contributed by atoms with Crippen molar-refractivity contribution >= 4 is 32.4 Å². The molecule has 1 N–H and O–H groups in total. The van der Waals surface area contributed by atoms with Crippen LogP contribution in [0.1, 0.15) is 41.6 Å². The number of rotatable bonds is 4. The molecule has 1 aliphatic heterocycles. The van der Waals surface area contributed by atoms with Crippen molar-refractivity contribution in [2.45, 2.75) is 37.5 Å². The smallest absolute Gasteiger partial charge is 0.257 e. The van der Waals surface area contributed by atoms with E-state index in [0.717, 1.165) is 25.7 Å². The van der Waals surface area contributed by atoms with Crippen LogP contribution in [-0.2, 0) is 10.0 Å². The third-order valence-corrected chi connectivity index (χ3v) is 7.02. The van der Waals surface area contributed by atoms with Crippen molar-refractivity contribution in [3.8, 4) is 0 Å². The predicted molar refractivity (Wildman–Crippen MR) is 98.5 cm³/mol. The highest BCUT2D eigenvalue weighted by atomic mass is 32.2. The molecule has 1 aliphatic rings. The van der Waals surface area contributed by atoms with Gasteiger partial charge in [0.15, 0.2) is 5.13 Å². The molecule has 0 aliphatic carbocycles. The molecule has 25 heavy (non-hydrogen) atoms. The number of carbonyl (C=O) groups excluding carboxylic acids is 1. The molecule has 1 aromatic heterocycles. The number of anilines is 1. The zero-order chi connectivity index (χ0) is 17.9. The first-order chi connectivity index (χ1) is 12.0. The van der Waals surface area contributed by atoms with Crippen LogP contribution in [0.25, 0.3) is 0 Å². The van der Waals surface area contributed by atoms with Crippen LogP contribution in [-0.4, -0.2) is 36.7 Å². The second-order valence-corrected chi connectivity index (χ2v) is 8.89. The fraction of sp³-hybridized carbons (Fsp3) is 0.412. The number of nitrogens with zero attached hydrogens (tertiary/aromatic N) is 2. The highest BCUT2D eigenvalue weighted by Gasteiger charge is 2.27. The number of thiazole rings is 1. The molecule has 1 saturated heterocycles. The monoisotopic (exact) mass is 379 g/mol. The molecular weight excluding hydrogens is 358 g/mol. The molecule has 6 nitrogen and oxygen atoms in total. The van der Waals surface area contributed by atoms with Gasteiger partial charge in [0.25, 0.3) is 5.91 Å². The summed E-state index contributed by atoms with van der Waals surface area (Å²) in [6, 6.07) is 4.79. The Hall–Kier alpha value is -1.77. The van der Waals surface area contributed by atoms with Gasteiger partial charge in [-0.05, 0) is 37.5 Å². The molecule has 0 spiro atoms. The highest BCUT2D eigenvalue weighted by Crippen LogP contribution is 2.24. The number of nitrogens with one attached hydrogen (secondary N) is 1. The Kier molecular flexibility index (Phi) is 5.51. The first kappa shape index (κ1) is 18.0. The van der Waals surface area contributed by atoms with Gasteiger partial charge < -0.3 is 0 Å². The number of amides is 1. The Morgan fingerprint density at radius 3 is 2.56 bits per heavy atom. The van der Waals surface area contributed by atoms with Crippen molar-refractivity contribution in [3.63, 3.8) is 0 Å². The van der Waals surface area contributed by atoms with Crippen LogP contribution in [0.15, 0.2) is 34.7 Å². The topological polar surface area (TPSA) is 79.4 Å². The summed E-state index contributed by atoms with van der Waals surface area (Å²) in [6.07, 6.45) is 5.47. The standard InChI is InChI=1S/C17H21N3O3S2/c1-13-6-7-14(16(21)19-17-18-8-11-24-17)12-15(13)25(22,23)20-9-4-2-3-5-10-20/h6-8,11-12H,2-5,9-10H2,1H3,(H,18,19,21). The number of aryl methyl sites for hydroxylation is 1. The lowest BCUT2D eigenvalue weighted by Crippen LogP contribution is -2.32. The molecule has 0 unspecified atom stereocenters. The number of aromatic nitrogens is 1. The first-order valence-electron chi connectivity index (χ1n) is 8.30. The minimum Gasteiger partial charge on any atom is -0.298 e. The van der Waals surface area contributed by atoms with E-state index in [2.05, 4.69) is 10.3 Å². The quantitative estimate of drug-likeness (QED) is 0.884. The zero-order valence-electron chi connectivity index (χ0n) is 14.1. The van der Waals surface area contributed by atoms with Crippen molar-refractivity contribution in [2.75, 3.05) is 18.4 Å². The van der Waals surface area contributed by atoms with Gasteiger partial charge in [-0.3, -0.25) is 10.1 Å². The Morgan fingerprint density at radius 2 is 1.92 bits per heavy atom.